The highest BCUT2D eigenvalue weighted by atomic mass is 33.3. The van der Waals surface area contributed by atoms with Crippen molar-refractivity contribution in [2.45, 2.75) is 35.1 Å². The fourth-order valence-corrected chi connectivity index (χ4v) is 12.0. The number of aliphatic hydroxyl groups excluding tert-OH is 2. The Bertz CT molecular complexity index is 534. The molecule has 0 radical (unpaired) electrons. The monoisotopic (exact) mass is 540 g/mol. The van der Waals surface area contributed by atoms with E-state index < -0.39 is 5.69 Å². The molecule has 0 aromatic carbocycles. The summed E-state index contributed by atoms with van der Waals surface area (Å²) in [7, 11) is 6.83. The van der Waals surface area contributed by atoms with Gasteiger partial charge in [0.05, 0.1) is 26.4 Å². The van der Waals surface area contributed by atoms with Crippen LogP contribution in [-0.4, -0.2) is 36.6 Å². The zero-order valence-corrected chi connectivity index (χ0v) is 22.3. The minimum atomic E-state index is -2.14. The van der Waals surface area contributed by atoms with Crippen LogP contribution in [0.4, 0.5) is 0 Å². The molecule has 1 rings (SSSR count). The van der Waals surface area contributed by atoms with Crippen molar-refractivity contribution in [3.63, 3.8) is 0 Å². The Labute approximate surface area is 184 Å². The van der Waals surface area contributed by atoms with Crippen LogP contribution in [0.5, 0.6) is 0 Å². The first-order chi connectivity index (χ1) is 10.9. The Hall–Kier alpha value is 2.54. The first kappa shape index (κ1) is 32.2. The van der Waals surface area contributed by atoms with Crippen molar-refractivity contribution >= 4 is 94.1 Å². The van der Waals surface area contributed by atoms with Gasteiger partial charge in [0.2, 0.25) is 5.69 Å². The number of rotatable bonds is 3. The summed E-state index contributed by atoms with van der Waals surface area (Å²) in [6, 6.07) is 0. The first-order valence-corrected chi connectivity index (χ1v) is 18.7. The van der Waals surface area contributed by atoms with Gasteiger partial charge in [0.15, 0.2) is 0 Å². The average Bonchev–Trinajstić information content (AvgIpc) is 2.53. The van der Waals surface area contributed by atoms with E-state index in [0.717, 1.165) is 7.04 Å². The zero-order chi connectivity index (χ0) is 19.3. The van der Waals surface area contributed by atoms with Gasteiger partial charge in [-0.05, 0) is 62.1 Å². The van der Waals surface area contributed by atoms with Crippen molar-refractivity contribution in [1.29, 1.82) is 0 Å². The van der Waals surface area contributed by atoms with Crippen LogP contribution in [0, 0.1) is 10.8 Å². The van der Waals surface area contributed by atoms with E-state index in [-0.39, 0.29) is 31.5 Å². The van der Waals surface area contributed by atoms with Gasteiger partial charge in [-0.2, -0.15) is 0 Å². The smallest absolute Gasteiger partial charge is 0.244 e. The third kappa shape index (κ3) is 22.7. The molecule has 14 heteroatoms. The van der Waals surface area contributed by atoms with Gasteiger partial charge in [0, 0.05) is 24.9 Å². The van der Waals surface area contributed by atoms with Crippen LogP contribution in [0.3, 0.4) is 0 Å². The SMILES string of the molecule is C.CC(C)(CO)CO.CC1(C)COP(=S)(S)OC1.S=PP=S=S=S=S. The standard InChI is InChI=1S/C5H11O2PS2.C5H12O2.CH4.P2S5/c1-5(2)3-6-8(9,10)7-4-5;1-5(2,3-6)4-7;;3-1-2-5-7-6-4/h3-4H2,1-2H3,(H,9,10);6-7H,3-4H2,1-2H3;1H4;. The van der Waals surface area contributed by atoms with Crippen LogP contribution < -0.4 is 0 Å². The van der Waals surface area contributed by atoms with Gasteiger partial charge >= 0.3 is 0 Å². The Morgan fingerprint density at radius 2 is 1.68 bits per heavy atom. The summed E-state index contributed by atoms with van der Waals surface area (Å²) >= 11 is 18.2. The molecule has 0 aromatic heterocycles. The van der Waals surface area contributed by atoms with Gasteiger partial charge in [-0.1, -0.05) is 47.4 Å². The highest BCUT2D eigenvalue weighted by Crippen LogP contribution is 2.57. The Morgan fingerprint density at radius 3 is 1.92 bits per heavy atom. The van der Waals surface area contributed by atoms with E-state index in [1.807, 2.05) is 0 Å². The Kier molecular flexibility index (Phi) is 22.4. The highest BCUT2D eigenvalue weighted by Gasteiger charge is 2.30. The van der Waals surface area contributed by atoms with E-state index in [2.05, 4.69) is 49.1 Å². The molecule has 0 amide bonds. The lowest BCUT2D eigenvalue weighted by Crippen LogP contribution is -2.28. The van der Waals surface area contributed by atoms with E-state index in [1.165, 1.54) is 15.9 Å². The van der Waals surface area contributed by atoms with Gasteiger partial charge in [0.1, 0.15) is 0 Å². The molecular formula is C11H27O4P3S7. The third-order valence-corrected chi connectivity index (χ3v) is 14.4. The fourth-order valence-electron chi connectivity index (χ4n) is 0.681. The van der Waals surface area contributed by atoms with Crippen LogP contribution in [0.25, 0.3) is 0 Å². The van der Waals surface area contributed by atoms with E-state index >= 15 is 0 Å². The second-order valence-corrected chi connectivity index (χ2v) is 21.0. The third-order valence-electron chi connectivity index (χ3n) is 2.22. The number of thiol groups is 1. The van der Waals surface area contributed by atoms with Crippen LogP contribution in [-0.2, 0) is 71.1 Å². The normalized spacial score (nSPS) is 17.7. The molecule has 1 saturated heterocycles. The molecule has 1 heterocycles. The molecule has 0 aliphatic carbocycles. The van der Waals surface area contributed by atoms with E-state index in [0.29, 0.717) is 13.2 Å². The van der Waals surface area contributed by atoms with Crippen molar-refractivity contribution in [2.75, 3.05) is 26.4 Å². The van der Waals surface area contributed by atoms with Crippen LogP contribution in [0.1, 0.15) is 35.1 Å². The van der Waals surface area contributed by atoms with E-state index in [4.69, 9.17) is 31.1 Å². The maximum atomic E-state index is 8.43. The molecule has 0 aromatic rings. The Balaban J connectivity index is -0.000000293. The maximum absolute atomic E-state index is 8.43. The summed E-state index contributed by atoms with van der Waals surface area (Å²) in [5.74, 6) is 0. The van der Waals surface area contributed by atoms with Crippen molar-refractivity contribution in [1.82, 2.24) is 0 Å². The van der Waals surface area contributed by atoms with Crippen molar-refractivity contribution in [3.8, 4) is 0 Å². The van der Waals surface area contributed by atoms with Gasteiger partial charge < -0.3 is 19.3 Å². The summed E-state index contributed by atoms with van der Waals surface area (Å²) in [6.45, 7) is 9.17. The molecule has 0 bridgehead atoms. The molecule has 1 fully saturated rings. The minimum Gasteiger partial charge on any atom is -0.396 e. The van der Waals surface area contributed by atoms with Crippen molar-refractivity contribution < 1.29 is 19.3 Å². The maximum Gasteiger partial charge on any atom is 0.244 e. The molecule has 1 aliphatic rings. The van der Waals surface area contributed by atoms with Crippen LogP contribution >= 0.6 is 32.0 Å². The number of hydrogen-bond donors (Lipinski definition) is 3. The predicted molar refractivity (Wildman–Crippen MR) is 134 cm³/mol. The van der Waals surface area contributed by atoms with Gasteiger partial charge in [-0.3, -0.25) is 0 Å². The molecule has 4 nitrogen and oxygen atoms in total. The largest absolute Gasteiger partial charge is 0.396 e. The van der Waals surface area contributed by atoms with E-state index in [9.17, 15) is 0 Å². The molecule has 0 saturated carbocycles. The molecule has 0 spiro atoms. The molecule has 0 atom stereocenters. The summed E-state index contributed by atoms with van der Waals surface area (Å²) in [5, 5.41) is 16.9. The summed E-state index contributed by atoms with van der Waals surface area (Å²) in [5.41, 5.74) is -2.34. The zero-order valence-electron chi connectivity index (χ0n) is 13.8. The lowest BCUT2D eigenvalue weighted by Gasteiger charge is -2.33. The fraction of sp³-hybridized carbons (Fsp3) is 1.00. The van der Waals surface area contributed by atoms with Crippen molar-refractivity contribution in [2.24, 2.45) is 10.8 Å². The lowest BCUT2D eigenvalue weighted by atomic mass is 9.97. The van der Waals surface area contributed by atoms with Gasteiger partial charge in [-0.25, -0.2) is 0 Å². The number of hydrogen-bond acceptors (Lipinski definition) is 7. The average molecular weight is 541 g/mol. The molecule has 2 N–H and O–H groups in total. The molecule has 0 unspecified atom stereocenters. The molecule has 25 heavy (non-hydrogen) atoms. The van der Waals surface area contributed by atoms with Crippen molar-refractivity contribution in [3.05, 3.63) is 0 Å². The molecular weight excluding hydrogens is 514 g/mol. The first-order valence-electron chi connectivity index (χ1n) is 6.44. The van der Waals surface area contributed by atoms with Gasteiger partial charge in [-0.15, -0.1) is 0 Å². The summed E-state index contributed by atoms with van der Waals surface area (Å²) in [4.78, 5) is 0. The van der Waals surface area contributed by atoms with Gasteiger partial charge in [0.25, 0.3) is 0 Å². The molecule has 152 valence electrons. The van der Waals surface area contributed by atoms with Crippen LogP contribution in [0.15, 0.2) is 0 Å². The lowest BCUT2D eigenvalue weighted by molar-refractivity contribution is 0.0674. The summed E-state index contributed by atoms with van der Waals surface area (Å²) in [6.07, 6.45) is 0. The second-order valence-electron chi connectivity index (χ2n) is 6.03. The van der Waals surface area contributed by atoms with Crippen LogP contribution in [0.2, 0.25) is 0 Å². The Morgan fingerprint density at radius 1 is 1.24 bits per heavy atom. The molecule has 1 aliphatic heterocycles. The quantitative estimate of drug-likeness (QED) is 0.359. The predicted octanol–water partition coefficient (Wildman–Crippen LogP) is 4.56. The topological polar surface area (TPSA) is 58.9 Å². The highest BCUT2D eigenvalue weighted by molar-refractivity contribution is 8.63. The number of aliphatic hydroxyl groups is 2. The van der Waals surface area contributed by atoms with E-state index in [1.54, 1.807) is 32.2 Å². The minimum absolute atomic E-state index is 0. The second kappa shape index (κ2) is 17.4. The summed E-state index contributed by atoms with van der Waals surface area (Å²) < 4.78 is 10.5.